The second-order valence-electron chi connectivity index (χ2n) is 4.97. The van der Waals surface area contributed by atoms with Crippen LogP contribution in [0.15, 0.2) is 0 Å². The second-order valence-corrected chi connectivity index (χ2v) is 6.99. The van der Waals surface area contributed by atoms with Crippen LogP contribution >= 0.6 is 23.4 Å². The van der Waals surface area contributed by atoms with Crippen molar-refractivity contribution < 1.29 is 0 Å². The van der Waals surface area contributed by atoms with E-state index >= 15 is 0 Å². The zero-order chi connectivity index (χ0) is 11.8. The molecule has 1 atom stereocenters. The van der Waals surface area contributed by atoms with Crippen molar-refractivity contribution in [2.24, 2.45) is 0 Å². The molecule has 0 spiro atoms. The Kier molecular flexibility index (Phi) is 3.50. The molecular weight excluding hydrogens is 242 g/mol. The summed E-state index contributed by atoms with van der Waals surface area (Å²) in [5.41, 5.74) is 0. The fourth-order valence-corrected chi connectivity index (χ4v) is 3.64. The molecule has 1 aliphatic rings. The second kappa shape index (κ2) is 4.57. The van der Waals surface area contributed by atoms with Gasteiger partial charge in [-0.3, -0.25) is 0 Å². The van der Waals surface area contributed by atoms with Crippen molar-refractivity contribution >= 4 is 23.4 Å². The Balaban J connectivity index is 2.23. The maximum absolute atomic E-state index is 6.11. The molecule has 0 aliphatic carbocycles. The maximum atomic E-state index is 6.11. The predicted octanol–water partition coefficient (Wildman–Crippen LogP) is 3.34. The lowest BCUT2D eigenvalue weighted by Crippen LogP contribution is -2.25. The SMILES string of the molecule is CC(C)c1nnc(Cl)n1CC1(C)CCCS1. The molecule has 0 aromatic carbocycles. The Bertz CT molecular complexity index is 369. The third-order valence-corrected chi connectivity index (χ3v) is 4.85. The van der Waals surface area contributed by atoms with Gasteiger partial charge >= 0.3 is 0 Å². The van der Waals surface area contributed by atoms with Gasteiger partial charge in [0.15, 0.2) is 0 Å². The summed E-state index contributed by atoms with van der Waals surface area (Å²) >= 11 is 8.15. The van der Waals surface area contributed by atoms with Gasteiger partial charge in [0.2, 0.25) is 5.28 Å². The van der Waals surface area contributed by atoms with Gasteiger partial charge in [-0.2, -0.15) is 11.8 Å². The van der Waals surface area contributed by atoms with Crippen LogP contribution in [0.1, 0.15) is 45.4 Å². The molecule has 1 unspecified atom stereocenters. The molecule has 0 N–H and O–H groups in total. The van der Waals surface area contributed by atoms with Crippen molar-refractivity contribution in [2.75, 3.05) is 5.75 Å². The van der Waals surface area contributed by atoms with Gasteiger partial charge < -0.3 is 4.57 Å². The third-order valence-electron chi connectivity index (χ3n) is 3.04. The first-order valence-electron chi connectivity index (χ1n) is 5.74. The minimum Gasteiger partial charge on any atom is -0.300 e. The fraction of sp³-hybridized carbons (Fsp3) is 0.818. The van der Waals surface area contributed by atoms with Crippen molar-refractivity contribution in [3.05, 3.63) is 11.1 Å². The summed E-state index contributed by atoms with van der Waals surface area (Å²) in [4.78, 5) is 0. The van der Waals surface area contributed by atoms with Crippen molar-refractivity contribution in [3.63, 3.8) is 0 Å². The van der Waals surface area contributed by atoms with E-state index in [4.69, 9.17) is 11.6 Å². The van der Waals surface area contributed by atoms with Crippen LogP contribution in [-0.4, -0.2) is 25.3 Å². The molecule has 0 bridgehead atoms. The Morgan fingerprint density at radius 2 is 2.25 bits per heavy atom. The highest BCUT2D eigenvalue weighted by Gasteiger charge is 2.31. The standard InChI is InChI=1S/C11H18ClN3S/c1-8(2)9-13-14-10(12)15(9)7-11(3)5-4-6-16-11/h8H,4-7H2,1-3H3. The Labute approximate surface area is 106 Å². The molecule has 1 aromatic heterocycles. The van der Waals surface area contributed by atoms with Gasteiger partial charge in [0.05, 0.1) is 0 Å². The van der Waals surface area contributed by atoms with E-state index in [0.717, 1.165) is 12.4 Å². The molecule has 3 nitrogen and oxygen atoms in total. The normalized spacial score (nSPS) is 25.6. The number of rotatable bonds is 3. The minimum atomic E-state index is 0.301. The van der Waals surface area contributed by atoms with Crippen molar-refractivity contribution in [2.45, 2.75) is 50.8 Å². The van der Waals surface area contributed by atoms with E-state index in [0.29, 0.717) is 15.9 Å². The molecule has 16 heavy (non-hydrogen) atoms. The summed E-state index contributed by atoms with van der Waals surface area (Å²) in [6.07, 6.45) is 2.56. The van der Waals surface area contributed by atoms with E-state index in [1.807, 2.05) is 11.8 Å². The highest BCUT2D eigenvalue weighted by atomic mass is 35.5. The molecule has 0 amide bonds. The molecular formula is C11H18ClN3S. The summed E-state index contributed by atoms with van der Waals surface area (Å²) < 4.78 is 2.38. The Hall–Kier alpha value is -0.220. The van der Waals surface area contributed by atoms with E-state index in [1.54, 1.807) is 0 Å². The van der Waals surface area contributed by atoms with Gasteiger partial charge in [0.25, 0.3) is 0 Å². The first-order chi connectivity index (χ1) is 7.52. The van der Waals surface area contributed by atoms with Gasteiger partial charge in [0.1, 0.15) is 5.82 Å². The number of hydrogen-bond donors (Lipinski definition) is 0. The van der Waals surface area contributed by atoms with E-state index in [2.05, 4.69) is 35.5 Å². The molecule has 1 aliphatic heterocycles. The molecule has 2 heterocycles. The van der Waals surface area contributed by atoms with Crippen LogP contribution in [0.2, 0.25) is 5.28 Å². The summed E-state index contributed by atoms with van der Waals surface area (Å²) in [6, 6.07) is 0. The van der Waals surface area contributed by atoms with Crippen LogP contribution in [0.3, 0.4) is 0 Å². The quantitative estimate of drug-likeness (QED) is 0.834. The van der Waals surface area contributed by atoms with Crippen LogP contribution in [0.25, 0.3) is 0 Å². The summed E-state index contributed by atoms with van der Waals surface area (Å²) in [5, 5.41) is 8.67. The van der Waals surface area contributed by atoms with Gasteiger partial charge in [-0.15, -0.1) is 10.2 Å². The summed E-state index contributed by atoms with van der Waals surface area (Å²) in [6.45, 7) is 7.49. The van der Waals surface area contributed by atoms with Gasteiger partial charge in [-0.05, 0) is 37.1 Å². The van der Waals surface area contributed by atoms with Crippen LogP contribution < -0.4 is 0 Å². The maximum Gasteiger partial charge on any atom is 0.225 e. The van der Waals surface area contributed by atoms with Crippen LogP contribution in [0.5, 0.6) is 0 Å². The van der Waals surface area contributed by atoms with Crippen molar-refractivity contribution in [1.29, 1.82) is 0 Å². The number of halogens is 1. The first-order valence-corrected chi connectivity index (χ1v) is 7.11. The molecule has 0 saturated carbocycles. The highest BCUT2D eigenvalue weighted by Crippen LogP contribution is 2.39. The molecule has 1 fully saturated rings. The van der Waals surface area contributed by atoms with Crippen molar-refractivity contribution in [3.8, 4) is 0 Å². The monoisotopic (exact) mass is 259 g/mol. The van der Waals surface area contributed by atoms with E-state index in [-0.39, 0.29) is 0 Å². The molecule has 5 heteroatoms. The number of hydrogen-bond acceptors (Lipinski definition) is 3. The number of aromatic nitrogens is 3. The molecule has 0 radical (unpaired) electrons. The van der Waals surface area contributed by atoms with E-state index in [1.165, 1.54) is 18.6 Å². The van der Waals surface area contributed by atoms with Gasteiger partial charge in [-0.1, -0.05) is 13.8 Å². The molecule has 2 rings (SSSR count). The van der Waals surface area contributed by atoms with Crippen LogP contribution in [0.4, 0.5) is 0 Å². The van der Waals surface area contributed by atoms with Gasteiger partial charge in [0, 0.05) is 17.2 Å². The van der Waals surface area contributed by atoms with Crippen molar-refractivity contribution in [1.82, 2.24) is 14.8 Å². The van der Waals surface area contributed by atoms with E-state index < -0.39 is 0 Å². The van der Waals surface area contributed by atoms with E-state index in [9.17, 15) is 0 Å². The Morgan fingerprint density at radius 3 is 2.81 bits per heavy atom. The topological polar surface area (TPSA) is 30.7 Å². The smallest absolute Gasteiger partial charge is 0.225 e. The fourth-order valence-electron chi connectivity index (χ4n) is 2.16. The average Bonchev–Trinajstić information content (AvgIpc) is 2.76. The number of nitrogens with zero attached hydrogens (tertiary/aromatic N) is 3. The lowest BCUT2D eigenvalue weighted by Gasteiger charge is -2.24. The molecule has 90 valence electrons. The predicted molar refractivity (Wildman–Crippen MR) is 69.2 cm³/mol. The third kappa shape index (κ3) is 2.38. The summed E-state index contributed by atoms with van der Waals surface area (Å²) in [7, 11) is 0. The molecule has 1 saturated heterocycles. The lowest BCUT2D eigenvalue weighted by atomic mass is 10.1. The minimum absolute atomic E-state index is 0.301. The zero-order valence-electron chi connectivity index (χ0n) is 10.0. The molecule has 1 aromatic rings. The highest BCUT2D eigenvalue weighted by molar-refractivity contribution is 8.00. The lowest BCUT2D eigenvalue weighted by molar-refractivity contribution is 0.490. The van der Waals surface area contributed by atoms with Crippen LogP contribution in [-0.2, 0) is 6.54 Å². The Morgan fingerprint density at radius 1 is 1.50 bits per heavy atom. The zero-order valence-corrected chi connectivity index (χ0v) is 11.6. The van der Waals surface area contributed by atoms with Crippen LogP contribution in [0, 0.1) is 0 Å². The summed E-state index contributed by atoms with van der Waals surface area (Å²) in [5.74, 6) is 2.63. The average molecular weight is 260 g/mol. The van der Waals surface area contributed by atoms with Gasteiger partial charge in [-0.25, -0.2) is 0 Å². The first kappa shape index (κ1) is 12.2. The largest absolute Gasteiger partial charge is 0.300 e. The number of thioether (sulfide) groups is 1.